The van der Waals surface area contributed by atoms with Gasteiger partial charge in [-0.3, -0.25) is 5.32 Å². The van der Waals surface area contributed by atoms with Crippen LogP contribution >= 0.6 is 15.9 Å². The lowest BCUT2D eigenvalue weighted by atomic mass is 9.93. The van der Waals surface area contributed by atoms with E-state index in [1.807, 2.05) is 18.2 Å². The minimum Gasteiger partial charge on any atom is -0.292 e. The molecule has 82 valence electrons. The fraction of sp³-hybridized carbons (Fsp3) is 0.308. The van der Waals surface area contributed by atoms with Crippen LogP contribution in [-0.2, 0) is 12.0 Å². The van der Waals surface area contributed by atoms with E-state index in [9.17, 15) is 5.26 Å². The Morgan fingerprint density at radius 3 is 3.12 bits per heavy atom. The second kappa shape index (κ2) is 4.40. The molecule has 0 heterocycles. The minimum absolute atomic E-state index is 0.534. The lowest BCUT2D eigenvalue weighted by molar-refractivity contribution is 0.447. The van der Waals surface area contributed by atoms with Gasteiger partial charge < -0.3 is 0 Å². The highest BCUT2D eigenvalue weighted by Crippen LogP contribution is 2.39. The molecule has 0 amide bonds. The van der Waals surface area contributed by atoms with Gasteiger partial charge in [0.15, 0.2) is 0 Å². The molecule has 0 aliphatic heterocycles. The van der Waals surface area contributed by atoms with Crippen molar-refractivity contribution in [3.8, 4) is 6.07 Å². The van der Waals surface area contributed by atoms with Crippen molar-refractivity contribution in [2.75, 3.05) is 6.54 Å². The van der Waals surface area contributed by atoms with Crippen LogP contribution in [0.3, 0.4) is 0 Å². The second-order valence-corrected chi connectivity index (χ2v) is 4.81. The molecular formula is C13H13BrN2. The third-order valence-electron chi connectivity index (χ3n) is 3.07. The molecule has 1 atom stereocenters. The van der Waals surface area contributed by atoms with Crippen molar-refractivity contribution in [2.24, 2.45) is 0 Å². The summed E-state index contributed by atoms with van der Waals surface area (Å²) in [5.41, 5.74) is 1.82. The summed E-state index contributed by atoms with van der Waals surface area (Å²) in [5, 5.41) is 12.7. The Hall–Kier alpha value is -1.11. The van der Waals surface area contributed by atoms with Gasteiger partial charge in [-0.25, -0.2) is 0 Å². The Morgan fingerprint density at radius 2 is 2.44 bits per heavy atom. The number of nitriles is 1. The van der Waals surface area contributed by atoms with Crippen LogP contribution in [0.1, 0.15) is 17.5 Å². The number of rotatable bonds is 3. The fourth-order valence-electron chi connectivity index (χ4n) is 2.25. The number of nitrogens with zero attached hydrogens (tertiary/aromatic N) is 1. The van der Waals surface area contributed by atoms with E-state index in [4.69, 9.17) is 0 Å². The average Bonchev–Trinajstić information content (AvgIpc) is 2.68. The van der Waals surface area contributed by atoms with Crippen molar-refractivity contribution < 1.29 is 0 Å². The summed E-state index contributed by atoms with van der Waals surface area (Å²) in [6.07, 6.45) is 3.55. The van der Waals surface area contributed by atoms with E-state index in [1.165, 1.54) is 5.56 Å². The van der Waals surface area contributed by atoms with Crippen molar-refractivity contribution in [3.05, 3.63) is 46.5 Å². The molecule has 1 unspecified atom stereocenters. The molecule has 2 rings (SSSR count). The molecule has 0 radical (unpaired) electrons. The van der Waals surface area contributed by atoms with Crippen molar-refractivity contribution in [3.63, 3.8) is 0 Å². The Balaban J connectivity index is 2.44. The van der Waals surface area contributed by atoms with Gasteiger partial charge in [0, 0.05) is 11.0 Å². The summed E-state index contributed by atoms with van der Waals surface area (Å²) >= 11 is 3.54. The standard InChI is InChI=1S/C13H13BrN2/c1-2-8-16-13(9-15)7-6-10-11(13)4-3-5-12(10)14/h2-5,16H,1,6-8H2. The minimum atomic E-state index is -0.534. The maximum atomic E-state index is 9.42. The second-order valence-electron chi connectivity index (χ2n) is 3.95. The van der Waals surface area contributed by atoms with Gasteiger partial charge in [0.05, 0.1) is 6.07 Å². The maximum absolute atomic E-state index is 9.42. The van der Waals surface area contributed by atoms with Gasteiger partial charge in [-0.2, -0.15) is 5.26 Å². The van der Waals surface area contributed by atoms with Gasteiger partial charge >= 0.3 is 0 Å². The van der Waals surface area contributed by atoms with Crippen LogP contribution in [0.25, 0.3) is 0 Å². The smallest absolute Gasteiger partial charge is 0.133 e. The highest BCUT2D eigenvalue weighted by atomic mass is 79.9. The number of nitrogens with one attached hydrogen (secondary N) is 1. The number of hydrogen-bond acceptors (Lipinski definition) is 2. The van der Waals surface area contributed by atoms with E-state index in [-0.39, 0.29) is 0 Å². The fourth-order valence-corrected chi connectivity index (χ4v) is 2.81. The van der Waals surface area contributed by atoms with Crippen molar-refractivity contribution in [1.82, 2.24) is 5.32 Å². The number of fused-ring (bicyclic) bond motifs is 1. The van der Waals surface area contributed by atoms with Crippen LogP contribution in [0.5, 0.6) is 0 Å². The van der Waals surface area contributed by atoms with Crippen molar-refractivity contribution in [1.29, 1.82) is 5.26 Å². The van der Waals surface area contributed by atoms with E-state index in [2.05, 4.69) is 33.9 Å². The first-order valence-corrected chi connectivity index (χ1v) is 6.08. The zero-order valence-electron chi connectivity index (χ0n) is 8.96. The van der Waals surface area contributed by atoms with Gasteiger partial charge in [-0.15, -0.1) is 6.58 Å². The molecule has 3 heteroatoms. The quantitative estimate of drug-likeness (QED) is 0.862. The molecule has 0 saturated heterocycles. The van der Waals surface area contributed by atoms with Gasteiger partial charge in [-0.05, 0) is 30.0 Å². The molecule has 0 saturated carbocycles. The van der Waals surface area contributed by atoms with E-state index in [0.29, 0.717) is 6.54 Å². The predicted molar refractivity (Wildman–Crippen MR) is 68.0 cm³/mol. The molecule has 0 aromatic heterocycles. The van der Waals surface area contributed by atoms with Crippen LogP contribution in [-0.4, -0.2) is 6.54 Å². The van der Waals surface area contributed by atoms with Crippen molar-refractivity contribution >= 4 is 15.9 Å². The van der Waals surface area contributed by atoms with Crippen LogP contribution in [0.2, 0.25) is 0 Å². The Bertz CT molecular complexity index is 461. The largest absolute Gasteiger partial charge is 0.292 e. The van der Waals surface area contributed by atoms with Gasteiger partial charge in [0.2, 0.25) is 0 Å². The molecule has 0 bridgehead atoms. The number of hydrogen-bond donors (Lipinski definition) is 1. The molecular weight excluding hydrogens is 264 g/mol. The molecule has 1 N–H and O–H groups in total. The number of benzene rings is 1. The summed E-state index contributed by atoms with van der Waals surface area (Å²) in [6, 6.07) is 8.46. The van der Waals surface area contributed by atoms with Crippen LogP contribution in [0, 0.1) is 11.3 Å². The average molecular weight is 277 g/mol. The Kier molecular flexibility index (Phi) is 3.13. The SMILES string of the molecule is C=CCNC1(C#N)CCc2c(Br)cccc21. The Labute approximate surface area is 104 Å². The van der Waals surface area contributed by atoms with Crippen LogP contribution < -0.4 is 5.32 Å². The summed E-state index contributed by atoms with van der Waals surface area (Å²) in [7, 11) is 0. The van der Waals surface area contributed by atoms with E-state index < -0.39 is 5.54 Å². The zero-order chi connectivity index (χ0) is 11.6. The summed E-state index contributed by atoms with van der Waals surface area (Å²) in [4.78, 5) is 0. The highest BCUT2D eigenvalue weighted by molar-refractivity contribution is 9.10. The molecule has 16 heavy (non-hydrogen) atoms. The van der Waals surface area contributed by atoms with Gasteiger partial charge in [0.1, 0.15) is 5.54 Å². The van der Waals surface area contributed by atoms with Crippen molar-refractivity contribution in [2.45, 2.75) is 18.4 Å². The molecule has 1 aromatic rings. The van der Waals surface area contributed by atoms with Crippen LogP contribution in [0.4, 0.5) is 0 Å². The first-order chi connectivity index (χ1) is 7.73. The summed E-state index contributed by atoms with van der Waals surface area (Å²) in [6.45, 7) is 4.33. The highest BCUT2D eigenvalue weighted by Gasteiger charge is 2.38. The lowest BCUT2D eigenvalue weighted by Gasteiger charge is -2.23. The molecule has 1 aliphatic carbocycles. The molecule has 1 aromatic carbocycles. The number of halogens is 1. The summed E-state index contributed by atoms with van der Waals surface area (Å²) < 4.78 is 1.10. The van der Waals surface area contributed by atoms with E-state index >= 15 is 0 Å². The zero-order valence-corrected chi connectivity index (χ0v) is 10.5. The van der Waals surface area contributed by atoms with Gasteiger partial charge in [0.25, 0.3) is 0 Å². The third-order valence-corrected chi connectivity index (χ3v) is 3.81. The first kappa shape index (κ1) is 11.4. The molecule has 0 fully saturated rings. The Morgan fingerprint density at radius 1 is 1.62 bits per heavy atom. The molecule has 2 nitrogen and oxygen atoms in total. The monoisotopic (exact) mass is 276 g/mol. The van der Waals surface area contributed by atoms with Crippen LogP contribution in [0.15, 0.2) is 35.3 Å². The summed E-state index contributed by atoms with van der Waals surface area (Å²) in [5.74, 6) is 0. The molecule has 0 spiro atoms. The first-order valence-electron chi connectivity index (χ1n) is 5.28. The van der Waals surface area contributed by atoms with E-state index in [0.717, 1.165) is 22.9 Å². The molecule has 1 aliphatic rings. The topological polar surface area (TPSA) is 35.8 Å². The maximum Gasteiger partial charge on any atom is 0.133 e. The van der Waals surface area contributed by atoms with Gasteiger partial charge in [-0.1, -0.05) is 34.1 Å². The lowest BCUT2D eigenvalue weighted by Crippen LogP contribution is -2.39. The normalized spacial score (nSPS) is 22.5. The third kappa shape index (κ3) is 1.68. The predicted octanol–water partition coefficient (Wildman–Crippen LogP) is 2.89. The van der Waals surface area contributed by atoms with E-state index in [1.54, 1.807) is 6.08 Å².